The Morgan fingerprint density at radius 1 is 1.12 bits per heavy atom. The maximum atomic E-state index is 13.0. The summed E-state index contributed by atoms with van der Waals surface area (Å²) in [4.78, 5) is 19.5. The minimum Gasteiger partial charge on any atom is -0.361 e. The zero-order valence-electron chi connectivity index (χ0n) is 14.8. The van der Waals surface area contributed by atoms with Crippen LogP contribution in [-0.4, -0.2) is 32.6 Å². The second kappa shape index (κ2) is 6.61. The number of carbonyl (C=O) groups is 1. The molecule has 1 saturated heterocycles. The highest BCUT2D eigenvalue weighted by Crippen LogP contribution is 2.39. The molecule has 0 N–H and O–H groups in total. The molecule has 0 radical (unpaired) electrons. The lowest BCUT2D eigenvalue weighted by molar-refractivity contribution is -0.133. The number of aromatic nitrogens is 3. The van der Waals surface area contributed by atoms with E-state index in [2.05, 4.69) is 15.3 Å². The summed E-state index contributed by atoms with van der Waals surface area (Å²) in [7, 11) is 0. The molecule has 1 amide bonds. The largest absolute Gasteiger partial charge is 0.361 e. The minimum atomic E-state index is -0.115. The molecule has 0 spiro atoms. The van der Waals surface area contributed by atoms with Crippen molar-refractivity contribution in [2.45, 2.75) is 70.8 Å². The zero-order valence-corrected chi connectivity index (χ0v) is 14.8. The summed E-state index contributed by atoms with van der Waals surface area (Å²) < 4.78 is 10.7. The highest BCUT2D eigenvalue weighted by Gasteiger charge is 2.34. The first-order valence-electron chi connectivity index (χ1n) is 9.18. The van der Waals surface area contributed by atoms with Crippen LogP contribution >= 0.6 is 0 Å². The maximum Gasteiger partial charge on any atom is 0.249 e. The van der Waals surface area contributed by atoms with Gasteiger partial charge in [0, 0.05) is 18.0 Å². The average Bonchev–Trinajstić information content (AvgIpc) is 3.33. The molecule has 0 aromatic carbocycles. The summed E-state index contributed by atoms with van der Waals surface area (Å²) in [5.41, 5.74) is 1.67. The van der Waals surface area contributed by atoms with Gasteiger partial charge >= 0.3 is 0 Å². The lowest BCUT2D eigenvalue weighted by atomic mass is 10.1. The Balaban J connectivity index is 1.56. The number of amides is 1. The molecule has 3 heterocycles. The van der Waals surface area contributed by atoms with E-state index in [1.54, 1.807) is 0 Å². The topological polar surface area (TPSA) is 85.3 Å². The highest BCUT2D eigenvalue weighted by molar-refractivity contribution is 5.79. The summed E-state index contributed by atoms with van der Waals surface area (Å²) in [6.07, 6.45) is 6.65. The first-order valence-corrected chi connectivity index (χ1v) is 9.18. The van der Waals surface area contributed by atoms with Crippen LogP contribution in [0.15, 0.2) is 9.05 Å². The molecule has 7 heteroatoms. The number of aryl methyl sites for hydroxylation is 2. The Kier molecular flexibility index (Phi) is 4.31. The molecule has 0 bridgehead atoms. The molecule has 134 valence electrons. The Morgan fingerprint density at radius 3 is 2.68 bits per heavy atom. The molecule has 7 nitrogen and oxygen atoms in total. The molecule has 1 atom stereocenters. The van der Waals surface area contributed by atoms with Crippen LogP contribution in [0.1, 0.15) is 79.2 Å². The van der Waals surface area contributed by atoms with Crippen LogP contribution in [0.2, 0.25) is 0 Å². The van der Waals surface area contributed by atoms with Crippen molar-refractivity contribution in [2.75, 3.05) is 6.54 Å². The van der Waals surface area contributed by atoms with Gasteiger partial charge in [-0.15, -0.1) is 0 Å². The van der Waals surface area contributed by atoms with Crippen molar-refractivity contribution in [3.05, 3.63) is 28.7 Å². The molecule has 25 heavy (non-hydrogen) atoms. The highest BCUT2D eigenvalue weighted by atomic mass is 16.5. The Morgan fingerprint density at radius 2 is 1.96 bits per heavy atom. The average molecular weight is 344 g/mol. The summed E-state index contributed by atoms with van der Waals surface area (Å²) in [6, 6.07) is -0.115. The standard InChI is InChI=1S/C18H24N4O3/c1-11-14(12(2)24-20-11)10-16(23)22-9-5-3-4-6-15(22)18-19-17(21-25-18)13-7-8-13/h13,15H,3-10H2,1-2H3. The van der Waals surface area contributed by atoms with Crippen LogP contribution in [0, 0.1) is 13.8 Å². The Labute approximate surface area is 146 Å². The van der Waals surface area contributed by atoms with Gasteiger partial charge in [-0.25, -0.2) is 0 Å². The molecular weight excluding hydrogens is 320 g/mol. The van der Waals surface area contributed by atoms with Gasteiger partial charge in [-0.2, -0.15) is 4.98 Å². The molecule has 1 aliphatic heterocycles. The van der Waals surface area contributed by atoms with E-state index in [1.165, 1.54) is 0 Å². The van der Waals surface area contributed by atoms with Crippen molar-refractivity contribution < 1.29 is 13.8 Å². The van der Waals surface area contributed by atoms with Crippen LogP contribution in [-0.2, 0) is 11.2 Å². The zero-order chi connectivity index (χ0) is 17.4. The summed E-state index contributed by atoms with van der Waals surface area (Å²) >= 11 is 0. The van der Waals surface area contributed by atoms with Crippen molar-refractivity contribution in [2.24, 2.45) is 0 Å². The molecule has 2 fully saturated rings. The molecule has 2 aromatic rings. The van der Waals surface area contributed by atoms with E-state index >= 15 is 0 Å². The SMILES string of the molecule is Cc1noc(C)c1CC(=O)N1CCCCCC1c1nc(C2CC2)no1. The molecule has 1 saturated carbocycles. The van der Waals surface area contributed by atoms with Crippen LogP contribution in [0.5, 0.6) is 0 Å². The van der Waals surface area contributed by atoms with Crippen molar-refractivity contribution in [1.29, 1.82) is 0 Å². The van der Waals surface area contributed by atoms with Gasteiger partial charge in [0.15, 0.2) is 5.82 Å². The maximum absolute atomic E-state index is 13.0. The van der Waals surface area contributed by atoms with E-state index in [0.717, 1.165) is 62.2 Å². The van der Waals surface area contributed by atoms with Gasteiger partial charge in [0.25, 0.3) is 0 Å². The van der Waals surface area contributed by atoms with E-state index in [0.29, 0.717) is 24.0 Å². The van der Waals surface area contributed by atoms with Crippen LogP contribution in [0.4, 0.5) is 0 Å². The van der Waals surface area contributed by atoms with Crippen molar-refractivity contribution in [1.82, 2.24) is 20.2 Å². The third-order valence-corrected chi connectivity index (χ3v) is 5.27. The molecular formula is C18H24N4O3. The number of rotatable bonds is 4. The smallest absolute Gasteiger partial charge is 0.249 e. The number of hydrogen-bond donors (Lipinski definition) is 0. The van der Waals surface area contributed by atoms with E-state index < -0.39 is 0 Å². The fourth-order valence-corrected chi connectivity index (χ4v) is 3.56. The van der Waals surface area contributed by atoms with E-state index in [-0.39, 0.29) is 11.9 Å². The van der Waals surface area contributed by atoms with Crippen molar-refractivity contribution in [3.63, 3.8) is 0 Å². The lowest BCUT2D eigenvalue weighted by Gasteiger charge is -2.27. The van der Waals surface area contributed by atoms with Gasteiger partial charge in [0.2, 0.25) is 11.8 Å². The lowest BCUT2D eigenvalue weighted by Crippen LogP contribution is -2.36. The number of carbonyl (C=O) groups excluding carboxylic acids is 1. The quantitative estimate of drug-likeness (QED) is 0.846. The van der Waals surface area contributed by atoms with Crippen LogP contribution in [0.25, 0.3) is 0 Å². The van der Waals surface area contributed by atoms with Gasteiger partial charge in [-0.3, -0.25) is 4.79 Å². The molecule has 1 unspecified atom stereocenters. The van der Waals surface area contributed by atoms with E-state index in [9.17, 15) is 4.79 Å². The van der Waals surface area contributed by atoms with Crippen molar-refractivity contribution >= 4 is 5.91 Å². The predicted molar refractivity (Wildman–Crippen MR) is 88.9 cm³/mol. The Hall–Kier alpha value is -2.18. The summed E-state index contributed by atoms with van der Waals surface area (Å²) in [6.45, 7) is 4.45. The number of likely N-dealkylation sites (tertiary alicyclic amines) is 1. The monoisotopic (exact) mass is 344 g/mol. The third kappa shape index (κ3) is 3.32. The van der Waals surface area contributed by atoms with Gasteiger partial charge < -0.3 is 13.9 Å². The van der Waals surface area contributed by atoms with Crippen LogP contribution in [0.3, 0.4) is 0 Å². The molecule has 2 aromatic heterocycles. The summed E-state index contributed by atoms with van der Waals surface area (Å²) in [5, 5.41) is 8.09. The van der Waals surface area contributed by atoms with Gasteiger partial charge in [-0.05, 0) is 39.5 Å². The molecule has 2 aliphatic rings. The fraction of sp³-hybridized carbons (Fsp3) is 0.667. The first kappa shape index (κ1) is 16.3. The second-order valence-electron chi connectivity index (χ2n) is 7.20. The van der Waals surface area contributed by atoms with Crippen LogP contribution < -0.4 is 0 Å². The predicted octanol–water partition coefficient (Wildman–Crippen LogP) is 3.24. The van der Waals surface area contributed by atoms with Crippen molar-refractivity contribution in [3.8, 4) is 0 Å². The molecule has 4 rings (SSSR count). The minimum absolute atomic E-state index is 0.0764. The second-order valence-corrected chi connectivity index (χ2v) is 7.20. The number of hydrogen-bond acceptors (Lipinski definition) is 6. The molecule has 1 aliphatic carbocycles. The fourth-order valence-electron chi connectivity index (χ4n) is 3.56. The normalized spacial score (nSPS) is 21.4. The van der Waals surface area contributed by atoms with Gasteiger partial charge in [0.1, 0.15) is 11.8 Å². The van der Waals surface area contributed by atoms with E-state index in [4.69, 9.17) is 9.05 Å². The van der Waals surface area contributed by atoms with Gasteiger partial charge in [0.05, 0.1) is 12.1 Å². The Bertz CT molecular complexity index is 743. The third-order valence-electron chi connectivity index (χ3n) is 5.27. The number of nitrogens with zero attached hydrogens (tertiary/aromatic N) is 4. The summed E-state index contributed by atoms with van der Waals surface area (Å²) in [5.74, 6) is 2.64. The first-order chi connectivity index (χ1) is 12.1. The van der Waals surface area contributed by atoms with E-state index in [1.807, 2.05) is 18.7 Å². The van der Waals surface area contributed by atoms with Gasteiger partial charge in [-0.1, -0.05) is 23.2 Å².